The van der Waals surface area contributed by atoms with Gasteiger partial charge in [-0.05, 0) is 73.9 Å². The van der Waals surface area contributed by atoms with Gasteiger partial charge in [-0.3, -0.25) is 9.69 Å². The molecule has 0 bridgehead atoms. The maximum Gasteiger partial charge on any atom is 0.416 e. The molecule has 2 aliphatic rings. The molecule has 0 unspecified atom stereocenters. The van der Waals surface area contributed by atoms with Gasteiger partial charge < -0.3 is 14.9 Å². The number of likely N-dealkylation sites (N-methyl/N-ethyl adjacent to an activating group) is 1. The molecule has 49 heavy (non-hydrogen) atoms. The number of nitrogens with zero attached hydrogens (tertiary/aromatic N) is 4. The van der Waals surface area contributed by atoms with Crippen LogP contribution in [0.2, 0.25) is 0 Å². The van der Waals surface area contributed by atoms with Crippen molar-refractivity contribution in [3.8, 4) is 11.1 Å². The van der Waals surface area contributed by atoms with Gasteiger partial charge in [0.1, 0.15) is 11.6 Å². The molecule has 1 N–H and O–H groups in total. The van der Waals surface area contributed by atoms with E-state index in [1.165, 1.54) is 45.3 Å². The topological polar surface area (TPSA) is 94.1 Å². The van der Waals surface area contributed by atoms with Crippen molar-refractivity contribution in [1.29, 1.82) is 0 Å². The molecule has 8 nitrogen and oxygen atoms in total. The fourth-order valence-electron chi connectivity index (χ4n) is 6.49. The monoisotopic (exact) mass is 716 g/mol. The van der Waals surface area contributed by atoms with Crippen molar-refractivity contribution in [2.24, 2.45) is 0 Å². The molecule has 2 saturated heterocycles. The first-order valence-corrected chi connectivity index (χ1v) is 17.1. The van der Waals surface area contributed by atoms with Crippen LogP contribution < -0.4 is 9.80 Å². The number of alkyl halides is 6. The van der Waals surface area contributed by atoms with E-state index in [4.69, 9.17) is 0 Å². The molecule has 3 aromatic rings. The van der Waals surface area contributed by atoms with E-state index in [0.29, 0.717) is 47.7 Å². The number of rotatable bonds is 6. The quantitative estimate of drug-likeness (QED) is 0.339. The van der Waals surface area contributed by atoms with Gasteiger partial charge in [0.25, 0.3) is 0 Å². The first kappa shape index (κ1) is 36.5. The summed E-state index contributed by atoms with van der Waals surface area (Å²) < 4.78 is 121. The van der Waals surface area contributed by atoms with Crippen molar-refractivity contribution < 1.29 is 49.1 Å². The molecular weight excluding hydrogens is 681 g/mol. The third-order valence-corrected chi connectivity index (χ3v) is 11.0. The molecule has 3 heterocycles. The summed E-state index contributed by atoms with van der Waals surface area (Å²) in [5.74, 6) is -1.15. The van der Waals surface area contributed by atoms with E-state index in [1.807, 2.05) is 4.90 Å². The minimum atomic E-state index is -5.12. The van der Waals surface area contributed by atoms with Gasteiger partial charge >= 0.3 is 12.4 Å². The second-order valence-corrected chi connectivity index (χ2v) is 15.3. The van der Waals surface area contributed by atoms with Gasteiger partial charge in [0.15, 0.2) is 9.84 Å². The number of hydrogen-bond donors (Lipinski definition) is 1. The summed E-state index contributed by atoms with van der Waals surface area (Å²) in [6.07, 6.45) is -8.92. The summed E-state index contributed by atoms with van der Waals surface area (Å²) in [6.45, 7) is 4.66. The Hall–Kier alpha value is -3.76. The first-order valence-electron chi connectivity index (χ1n) is 15.3. The summed E-state index contributed by atoms with van der Waals surface area (Å²) in [5, 5.41) is 10.3. The fourth-order valence-corrected chi connectivity index (χ4v) is 8.07. The molecule has 0 saturated carbocycles. The van der Waals surface area contributed by atoms with Crippen LogP contribution in [0.25, 0.3) is 11.1 Å². The van der Waals surface area contributed by atoms with E-state index >= 15 is 0 Å². The number of pyridine rings is 1. The van der Waals surface area contributed by atoms with E-state index in [2.05, 4.69) is 4.98 Å². The molecule has 2 fully saturated rings. The van der Waals surface area contributed by atoms with E-state index in [9.17, 15) is 49.1 Å². The SMILES string of the molecule is Cc1cc(F)ccc1-c1cc(N2C[C@@H]3CS(=O)(=O)CCN3C[C@@H]2CO)ncc1N(C)C(=O)C(C)(C)c1cc(C(F)(F)F)cc(C(F)(F)F)c1. The molecule has 0 spiro atoms. The highest BCUT2D eigenvalue weighted by Crippen LogP contribution is 2.41. The van der Waals surface area contributed by atoms with Gasteiger partial charge in [-0.1, -0.05) is 6.07 Å². The second-order valence-electron chi connectivity index (χ2n) is 13.1. The number of fused-ring (bicyclic) bond motifs is 1. The van der Waals surface area contributed by atoms with E-state index in [0.717, 1.165) is 4.90 Å². The first-order chi connectivity index (χ1) is 22.6. The Kier molecular flexibility index (Phi) is 9.57. The Balaban J connectivity index is 1.59. The Morgan fingerprint density at radius 3 is 2.14 bits per heavy atom. The number of carbonyl (C=O) groups excluding carboxylic acids is 1. The summed E-state index contributed by atoms with van der Waals surface area (Å²) in [5.41, 5.74) is -4.17. The molecule has 0 aliphatic carbocycles. The van der Waals surface area contributed by atoms with Crippen LogP contribution in [0.3, 0.4) is 0 Å². The Morgan fingerprint density at radius 2 is 1.57 bits per heavy atom. The van der Waals surface area contributed by atoms with Crippen LogP contribution in [-0.2, 0) is 32.4 Å². The number of aryl methyl sites for hydroxylation is 1. The van der Waals surface area contributed by atoms with Crippen LogP contribution in [0.15, 0.2) is 48.7 Å². The summed E-state index contributed by atoms with van der Waals surface area (Å²) in [4.78, 5) is 23.5. The van der Waals surface area contributed by atoms with E-state index in [-0.39, 0.29) is 42.5 Å². The molecule has 5 rings (SSSR count). The van der Waals surface area contributed by atoms with Gasteiger partial charge in [0.2, 0.25) is 5.91 Å². The highest BCUT2D eigenvalue weighted by atomic mass is 32.2. The number of carbonyl (C=O) groups is 1. The summed E-state index contributed by atoms with van der Waals surface area (Å²) in [6, 6.07) is 5.70. The standard InChI is InChI=1S/C33H35F7N4O4S/c1-19-9-23(34)5-6-26(19)27-13-29(44-16-25-18-49(47,48)8-7-43(25)15-24(44)17-45)41-14-28(27)42(4)30(46)31(2,3)20-10-21(32(35,36)37)12-22(11-20)33(38,39)40/h5-6,9-14,24-25,45H,7-8,15-18H2,1-4H3/t24-,25-/m1/s1. The largest absolute Gasteiger partial charge is 0.416 e. The number of piperazine rings is 1. The average Bonchev–Trinajstić information content (AvgIpc) is 3.01. The highest BCUT2D eigenvalue weighted by Gasteiger charge is 2.42. The Morgan fingerprint density at radius 1 is 0.959 bits per heavy atom. The van der Waals surface area contributed by atoms with Gasteiger partial charge in [-0.15, -0.1) is 0 Å². The average molecular weight is 717 g/mol. The third-order valence-electron chi connectivity index (χ3n) is 9.31. The van der Waals surface area contributed by atoms with Gasteiger partial charge in [-0.25, -0.2) is 17.8 Å². The molecule has 0 radical (unpaired) electrons. The van der Waals surface area contributed by atoms with Gasteiger partial charge in [0, 0.05) is 38.3 Å². The minimum absolute atomic E-state index is 0.00592. The number of aliphatic hydroxyl groups is 1. The summed E-state index contributed by atoms with van der Waals surface area (Å²) in [7, 11) is -1.98. The van der Waals surface area contributed by atoms with E-state index < -0.39 is 62.1 Å². The molecular formula is C33H35F7N4O4S. The smallest absolute Gasteiger partial charge is 0.394 e. The number of hydrogen-bond acceptors (Lipinski definition) is 7. The van der Waals surface area contributed by atoms with Crippen LogP contribution in [0.5, 0.6) is 0 Å². The summed E-state index contributed by atoms with van der Waals surface area (Å²) >= 11 is 0. The lowest BCUT2D eigenvalue weighted by atomic mass is 9.81. The number of aromatic nitrogens is 1. The minimum Gasteiger partial charge on any atom is -0.394 e. The predicted octanol–water partition coefficient (Wildman–Crippen LogP) is 5.45. The molecule has 1 amide bonds. The molecule has 2 aromatic carbocycles. The van der Waals surface area contributed by atoms with Crippen LogP contribution in [-0.4, -0.2) is 86.2 Å². The van der Waals surface area contributed by atoms with Crippen molar-refractivity contribution in [3.63, 3.8) is 0 Å². The van der Waals surface area contributed by atoms with Gasteiger partial charge in [-0.2, -0.15) is 26.3 Å². The number of aliphatic hydroxyl groups excluding tert-OH is 1. The van der Waals surface area contributed by atoms with Crippen molar-refractivity contribution in [2.45, 2.75) is 50.6 Å². The van der Waals surface area contributed by atoms with Crippen molar-refractivity contribution in [2.75, 3.05) is 54.6 Å². The zero-order valence-corrected chi connectivity index (χ0v) is 27.8. The second kappa shape index (κ2) is 12.8. The molecule has 2 aliphatic heterocycles. The number of amides is 1. The zero-order valence-electron chi connectivity index (χ0n) is 27.0. The van der Waals surface area contributed by atoms with Crippen LogP contribution in [0.4, 0.5) is 42.2 Å². The van der Waals surface area contributed by atoms with Crippen molar-refractivity contribution in [3.05, 3.63) is 76.7 Å². The Bertz CT molecular complexity index is 1830. The number of benzene rings is 2. The predicted molar refractivity (Wildman–Crippen MR) is 169 cm³/mol. The lowest BCUT2D eigenvalue weighted by molar-refractivity contribution is -0.143. The molecule has 16 heteroatoms. The van der Waals surface area contributed by atoms with E-state index in [1.54, 1.807) is 17.9 Å². The Labute approximate surface area is 279 Å². The number of halogens is 7. The third kappa shape index (κ3) is 7.41. The highest BCUT2D eigenvalue weighted by molar-refractivity contribution is 7.91. The zero-order chi connectivity index (χ0) is 36.3. The van der Waals surface area contributed by atoms with Crippen molar-refractivity contribution >= 4 is 27.2 Å². The lowest BCUT2D eigenvalue weighted by Crippen LogP contribution is -2.64. The van der Waals surface area contributed by atoms with Crippen LogP contribution in [0, 0.1) is 12.7 Å². The molecule has 266 valence electrons. The van der Waals surface area contributed by atoms with Crippen LogP contribution in [0.1, 0.15) is 36.1 Å². The molecule has 2 atom stereocenters. The molecule has 1 aromatic heterocycles. The van der Waals surface area contributed by atoms with Crippen LogP contribution >= 0.6 is 0 Å². The lowest BCUT2D eigenvalue weighted by Gasteiger charge is -2.48. The maximum atomic E-state index is 14.2. The normalized spacial score (nSPS) is 20.2. The fraction of sp³-hybridized carbons (Fsp3) is 0.455. The maximum absolute atomic E-state index is 14.2. The number of anilines is 2. The number of sulfone groups is 1. The van der Waals surface area contributed by atoms with Crippen molar-refractivity contribution in [1.82, 2.24) is 9.88 Å². The van der Waals surface area contributed by atoms with Gasteiger partial charge in [0.05, 0.1) is 52.6 Å².